The molecule has 98 valence electrons. The van der Waals surface area contributed by atoms with Gasteiger partial charge in [0.05, 0.1) is 19.6 Å². The van der Waals surface area contributed by atoms with E-state index in [4.69, 9.17) is 9.84 Å². The average Bonchev–Trinajstić information content (AvgIpc) is 2.36. The van der Waals surface area contributed by atoms with Crippen LogP contribution >= 0.6 is 0 Å². The molecular formula is C13H17NO4. The number of hydrogen-bond acceptors (Lipinski definition) is 3. The molecular weight excluding hydrogens is 234 g/mol. The Hall–Kier alpha value is -2.04. The van der Waals surface area contributed by atoms with Crippen molar-refractivity contribution in [3.8, 4) is 5.75 Å². The molecule has 2 N–H and O–H groups in total. The number of rotatable bonds is 6. The van der Waals surface area contributed by atoms with Gasteiger partial charge in [-0.3, -0.25) is 9.59 Å². The van der Waals surface area contributed by atoms with E-state index in [1.807, 2.05) is 31.2 Å². The minimum absolute atomic E-state index is 0.0190. The summed E-state index contributed by atoms with van der Waals surface area (Å²) in [6, 6.07) is 7.16. The van der Waals surface area contributed by atoms with E-state index in [2.05, 4.69) is 5.32 Å². The zero-order valence-corrected chi connectivity index (χ0v) is 10.5. The maximum Gasteiger partial charge on any atom is 0.303 e. The highest BCUT2D eigenvalue weighted by molar-refractivity contribution is 5.80. The van der Waals surface area contributed by atoms with Gasteiger partial charge in [0, 0.05) is 12.0 Å². The normalized spacial score (nSPS) is 11.7. The minimum Gasteiger partial charge on any atom is -0.496 e. The summed E-state index contributed by atoms with van der Waals surface area (Å²) in [7, 11) is 1.57. The number of methoxy groups -OCH3 is 1. The van der Waals surface area contributed by atoms with Crippen molar-refractivity contribution in [3.05, 3.63) is 29.8 Å². The van der Waals surface area contributed by atoms with Crippen molar-refractivity contribution >= 4 is 11.9 Å². The molecule has 0 aliphatic carbocycles. The smallest absolute Gasteiger partial charge is 0.303 e. The molecule has 0 unspecified atom stereocenters. The Kier molecular flexibility index (Phi) is 5.17. The lowest BCUT2D eigenvalue weighted by atomic mass is 10.1. The Balaban J connectivity index is 2.61. The molecule has 0 aliphatic rings. The SMILES string of the molecule is COc1ccccc1[C@H](C)NC(=O)CCC(=O)O. The number of aliphatic carboxylic acids is 1. The molecule has 0 saturated carbocycles. The third-order valence-corrected chi connectivity index (χ3v) is 2.55. The predicted octanol–water partition coefficient (Wildman–Crippen LogP) is 1.74. The largest absolute Gasteiger partial charge is 0.496 e. The van der Waals surface area contributed by atoms with Gasteiger partial charge in [-0.05, 0) is 13.0 Å². The second-order valence-electron chi connectivity index (χ2n) is 3.92. The summed E-state index contributed by atoms with van der Waals surface area (Å²) in [4.78, 5) is 21.9. The van der Waals surface area contributed by atoms with E-state index in [0.717, 1.165) is 5.56 Å². The lowest BCUT2D eigenvalue weighted by Gasteiger charge is -2.16. The van der Waals surface area contributed by atoms with E-state index in [1.165, 1.54) is 0 Å². The quantitative estimate of drug-likeness (QED) is 0.807. The first kappa shape index (κ1) is 14.0. The number of hydrogen-bond donors (Lipinski definition) is 2. The highest BCUT2D eigenvalue weighted by Gasteiger charge is 2.14. The standard InChI is InChI=1S/C13H17NO4/c1-9(14-12(15)7-8-13(16)17)10-5-3-4-6-11(10)18-2/h3-6,9H,7-8H2,1-2H3,(H,14,15)(H,16,17)/t9-/m0/s1. The summed E-state index contributed by atoms with van der Waals surface area (Å²) >= 11 is 0. The number of amides is 1. The topological polar surface area (TPSA) is 75.6 Å². The maximum atomic E-state index is 11.5. The molecule has 0 aromatic heterocycles. The molecule has 0 bridgehead atoms. The van der Waals surface area contributed by atoms with Gasteiger partial charge in [-0.2, -0.15) is 0 Å². The Morgan fingerprint density at radius 2 is 2.00 bits per heavy atom. The number of carboxylic acids is 1. The number of carboxylic acid groups (broad SMARTS) is 1. The Morgan fingerprint density at radius 3 is 2.61 bits per heavy atom. The van der Waals surface area contributed by atoms with Gasteiger partial charge in [-0.15, -0.1) is 0 Å². The average molecular weight is 251 g/mol. The van der Waals surface area contributed by atoms with Crippen LogP contribution in [0.2, 0.25) is 0 Å². The summed E-state index contributed by atoms with van der Waals surface area (Å²) in [5.41, 5.74) is 0.865. The molecule has 1 aromatic carbocycles. The summed E-state index contributed by atoms with van der Waals surface area (Å²) in [5.74, 6) is -0.561. The van der Waals surface area contributed by atoms with Crippen molar-refractivity contribution in [2.45, 2.75) is 25.8 Å². The highest BCUT2D eigenvalue weighted by atomic mass is 16.5. The van der Waals surface area contributed by atoms with Gasteiger partial charge in [-0.25, -0.2) is 0 Å². The van der Waals surface area contributed by atoms with Crippen molar-refractivity contribution in [2.24, 2.45) is 0 Å². The molecule has 5 heteroatoms. The van der Waals surface area contributed by atoms with Gasteiger partial charge in [0.2, 0.25) is 5.91 Å². The van der Waals surface area contributed by atoms with Gasteiger partial charge in [0.15, 0.2) is 0 Å². The molecule has 1 rings (SSSR count). The first-order chi connectivity index (χ1) is 8.54. The van der Waals surface area contributed by atoms with Crippen molar-refractivity contribution in [1.29, 1.82) is 0 Å². The van der Waals surface area contributed by atoms with Crippen molar-refractivity contribution < 1.29 is 19.4 Å². The van der Waals surface area contributed by atoms with E-state index in [-0.39, 0.29) is 24.8 Å². The van der Waals surface area contributed by atoms with Crippen molar-refractivity contribution in [2.75, 3.05) is 7.11 Å². The number of ether oxygens (including phenoxy) is 1. The third-order valence-electron chi connectivity index (χ3n) is 2.55. The number of nitrogens with one attached hydrogen (secondary N) is 1. The number of para-hydroxylation sites is 1. The zero-order valence-electron chi connectivity index (χ0n) is 10.5. The van der Waals surface area contributed by atoms with E-state index in [0.29, 0.717) is 5.75 Å². The van der Waals surface area contributed by atoms with Crippen LogP contribution < -0.4 is 10.1 Å². The minimum atomic E-state index is -0.977. The van der Waals surface area contributed by atoms with Crippen LogP contribution in [0.5, 0.6) is 5.75 Å². The second kappa shape index (κ2) is 6.64. The molecule has 1 aromatic rings. The van der Waals surface area contributed by atoms with Crippen molar-refractivity contribution in [1.82, 2.24) is 5.32 Å². The maximum absolute atomic E-state index is 11.5. The fourth-order valence-electron chi connectivity index (χ4n) is 1.64. The Labute approximate surface area is 106 Å². The van der Waals surface area contributed by atoms with Crippen LogP contribution in [0.1, 0.15) is 31.4 Å². The fourth-order valence-corrected chi connectivity index (χ4v) is 1.64. The van der Waals surface area contributed by atoms with Crippen LogP contribution in [0.4, 0.5) is 0 Å². The first-order valence-corrected chi connectivity index (χ1v) is 5.68. The van der Waals surface area contributed by atoms with Gasteiger partial charge >= 0.3 is 5.97 Å². The predicted molar refractivity (Wildman–Crippen MR) is 66.4 cm³/mol. The van der Waals surface area contributed by atoms with Gasteiger partial charge in [0.1, 0.15) is 5.75 Å². The van der Waals surface area contributed by atoms with Crippen LogP contribution in [0.25, 0.3) is 0 Å². The summed E-state index contributed by atoms with van der Waals surface area (Å²) in [5, 5.41) is 11.2. The molecule has 0 heterocycles. The van der Waals surface area contributed by atoms with Crippen LogP contribution in [-0.2, 0) is 9.59 Å². The van der Waals surface area contributed by atoms with Crippen LogP contribution in [0, 0.1) is 0 Å². The summed E-state index contributed by atoms with van der Waals surface area (Å²) in [6.45, 7) is 1.83. The molecule has 0 saturated heterocycles. The number of carbonyl (C=O) groups excluding carboxylic acids is 1. The molecule has 18 heavy (non-hydrogen) atoms. The molecule has 0 aliphatic heterocycles. The monoisotopic (exact) mass is 251 g/mol. The molecule has 0 fully saturated rings. The van der Waals surface area contributed by atoms with E-state index >= 15 is 0 Å². The summed E-state index contributed by atoms with van der Waals surface area (Å²) in [6.07, 6.45) is -0.181. The van der Waals surface area contributed by atoms with Crippen LogP contribution in [-0.4, -0.2) is 24.1 Å². The van der Waals surface area contributed by atoms with E-state index in [9.17, 15) is 9.59 Å². The molecule has 0 radical (unpaired) electrons. The number of carbonyl (C=O) groups is 2. The van der Waals surface area contributed by atoms with Gasteiger partial charge < -0.3 is 15.2 Å². The van der Waals surface area contributed by atoms with E-state index < -0.39 is 5.97 Å². The third kappa shape index (κ3) is 4.08. The highest BCUT2D eigenvalue weighted by Crippen LogP contribution is 2.24. The van der Waals surface area contributed by atoms with Gasteiger partial charge in [-0.1, -0.05) is 18.2 Å². The van der Waals surface area contributed by atoms with Crippen LogP contribution in [0.15, 0.2) is 24.3 Å². The molecule has 0 spiro atoms. The zero-order chi connectivity index (χ0) is 13.5. The Morgan fingerprint density at radius 1 is 1.33 bits per heavy atom. The first-order valence-electron chi connectivity index (χ1n) is 5.68. The van der Waals surface area contributed by atoms with Gasteiger partial charge in [0.25, 0.3) is 0 Å². The molecule has 5 nitrogen and oxygen atoms in total. The lowest BCUT2D eigenvalue weighted by Crippen LogP contribution is -2.27. The van der Waals surface area contributed by atoms with E-state index in [1.54, 1.807) is 7.11 Å². The van der Waals surface area contributed by atoms with Crippen molar-refractivity contribution in [3.63, 3.8) is 0 Å². The number of benzene rings is 1. The van der Waals surface area contributed by atoms with Crippen LogP contribution in [0.3, 0.4) is 0 Å². The summed E-state index contributed by atoms with van der Waals surface area (Å²) < 4.78 is 5.20. The lowest BCUT2D eigenvalue weighted by molar-refractivity contribution is -0.138. The fraction of sp³-hybridized carbons (Fsp3) is 0.385. The Bertz CT molecular complexity index is 431. The molecule has 1 atom stereocenters. The molecule has 1 amide bonds. The second-order valence-corrected chi connectivity index (χ2v) is 3.92.